The fraction of sp³-hybridized carbons (Fsp3) is 0. The summed E-state index contributed by atoms with van der Waals surface area (Å²) in [4.78, 5) is -0.0144. The Balaban J connectivity index is 2.14. The van der Waals surface area contributed by atoms with E-state index in [4.69, 9.17) is 17.4 Å². The Morgan fingerprint density at radius 2 is 1.71 bits per heavy atom. The average Bonchev–Trinajstić information content (AvgIpc) is 2.91. The highest BCUT2D eigenvalue weighted by atomic mass is 32.2. The van der Waals surface area contributed by atoms with Crippen LogP contribution in [-0.2, 0) is 10.0 Å². The van der Waals surface area contributed by atoms with Gasteiger partial charge in [0.2, 0.25) is 10.0 Å². The Hall–Kier alpha value is -1.94. The number of hydrogen-bond donors (Lipinski definition) is 1. The summed E-state index contributed by atoms with van der Waals surface area (Å²) < 4.78 is 51.4. The molecular formula is C15H10F2N2O2S3. The van der Waals surface area contributed by atoms with Crippen molar-refractivity contribution in [2.24, 2.45) is 5.14 Å². The van der Waals surface area contributed by atoms with Crippen LogP contribution >= 0.6 is 23.6 Å². The summed E-state index contributed by atoms with van der Waals surface area (Å²) in [6.45, 7) is 0. The number of nitrogens with two attached hydrogens (primary N) is 1. The van der Waals surface area contributed by atoms with Crippen LogP contribution in [0.1, 0.15) is 0 Å². The number of benzene rings is 2. The first-order valence-electron chi connectivity index (χ1n) is 6.56. The van der Waals surface area contributed by atoms with E-state index in [1.807, 2.05) is 0 Å². The van der Waals surface area contributed by atoms with E-state index in [1.165, 1.54) is 29.5 Å². The lowest BCUT2D eigenvalue weighted by Crippen LogP contribution is -2.11. The first kappa shape index (κ1) is 16.9. The Morgan fingerprint density at radius 1 is 1.04 bits per heavy atom. The Labute approximate surface area is 145 Å². The predicted molar refractivity (Wildman–Crippen MR) is 91.2 cm³/mol. The molecule has 0 atom stereocenters. The molecule has 0 amide bonds. The van der Waals surface area contributed by atoms with Gasteiger partial charge in [-0.1, -0.05) is 12.1 Å². The van der Waals surface area contributed by atoms with Crippen LogP contribution in [0.3, 0.4) is 0 Å². The third kappa shape index (κ3) is 3.16. The standard InChI is InChI=1S/C15H10F2N2O2S3/c16-12-6-3-10(7-13(12)17)19-14(8-23-15(19)22)9-1-4-11(5-2-9)24(18,20)21/h1-8H,(H2,18,20,21). The molecule has 0 unspecified atom stereocenters. The molecule has 0 saturated heterocycles. The molecule has 0 radical (unpaired) electrons. The molecule has 0 aliphatic carbocycles. The van der Waals surface area contributed by atoms with Crippen LogP contribution in [0.5, 0.6) is 0 Å². The minimum Gasteiger partial charge on any atom is -0.291 e. The summed E-state index contributed by atoms with van der Waals surface area (Å²) in [6, 6.07) is 9.41. The molecule has 4 nitrogen and oxygen atoms in total. The topological polar surface area (TPSA) is 65.1 Å². The molecule has 1 heterocycles. The minimum atomic E-state index is -3.79. The summed E-state index contributed by atoms with van der Waals surface area (Å²) in [7, 11) is -3.79. The molecule has 0 saturated carbocycles. The summed E-state index contributed by atoms with van der Waals surface area (Å²) in [5.41, 5.74) is 1.68. The number of aromatic nitrogens is 1. The van der Waals surface area contributed by atoms with Crippen molar-refractivity contribution in [3.63, 3.8) is 0 Å². The van der Waals surface area contributed by atoms with Crippen LogP contribution < -0.4 is 5.14 Å². The third-order valence-electron chi connectivity index (χ3n) is 3.33. The normalized spacial score (nSPS) is 11.6. The van der Waals surface area contributed by atoms with Gasteiger partial charge in [0.05, 0.1) is 16.3 Å². The van der Waals surface area contributed by atoms with E-state index < -0.39 is 21.7 Å². The summed E-state index contributed by atoms with van der Waals surface area (Å²) >= 11 is 6.52. The fourth-order valence-electron chi connectivity index (χ4n) is 2.19. The summed E-state index contributed by atoms with van der Waals surface area (Å²) in [6.07, 6.45) is 0. The third-order valence-corrected chi connectivity index (χ3v) is 5.46. The van der Waals surface area contributed by atoms with Crippen molar-refractivity contribution in [1.29, 1.82) is 0 Å². The average molecular weight is 384 g/mol. The van der Waals surface area contributed by atoms with Gasteiger partial charge in [-0.25, -0.2) is 22.3 Å². The van der Waals surface area contributed by atoms with E-state index in [0.29, 0.717) is 20.9 Å². The molecule has 3 rings (SSSR count). The van der Waals surface area contributed by atoms with Crippen molar-refractivity contribution in [2.75, 3.05) is 0 Å². The van der Waals surface area contributed by atoms with Gasteiger partial charge in [0.15, 0.2) is 15.6 Å². The summed E-state index contributed by atoms with van der Waals surface area (Å²) in [5.74, 6) is -1.92. The fourth-order valence-corrected chi connectivity index (χ4v) is 3.82. The SMILES string of the molecule is NS(=O)(=O)c1ccc(-c2csc(=S)n2-c2ccc(F)c(F)c2)cc1. The maximum Gasteiger partial charge on any atom is 0.238 e. The number of rotatable bonds is 3. The lowest BCUT2D eigenvalue weighted by atomic mass is 10.1. The smallest absolute Gasteiger partial charge is 0.238 e. The maximum atomic E-state index is 13.5. The van der Waals surface area contributed by atoms with Gasteiger partial charge < -0.3 is 0 Å². The lowest BCUT2D eigenvalue weighted by Gasteiger charge is -2.10. The van der Waals surface area contributed by atoms with Crippen molar-refractivity contribution in [1.82, 2.24) is 4.57 Å². The second kappa shape index (κ2) is 6.17. The quantitative estimate of drug-likeness (QED) is 0.698. The van der Waals surface area contributed by atoms with Crippen molar-refractivity contribution < 1.29 is 17.2 Å². The van der Waals surface area contributed by atoms with Gasteiger partial charge in [-0.3, -0.25) is 4.57 Å². The highest BCUT2D eigenvalue weighted by Crippen LogP contribution is 2.29. The molecule has 2 N–H and O–H groups in total. The van der Waals surface area contributed by atoms with Crippen molar-refractivity contribution in [3.05, 3.63) is 63.4 Å². The van der Waals surface area contributed by atoms with Gasteiger partial charge in [0.25, 0.3) is 0 Å². The molecule has 124 valence electrons. The molecule has 0 aliphatic rings. The Morgan fingerprint density at radius 3 is 2.29 bits per heavy atom. The second-order valence-corrected chi connectivity index (χ2v) is 7.95. The lowest BCUT2D eigenvalue weighted by molar-refractivity contribution is 0.508. The Kier molecular flexibility index (Phi) is 4.35. The number of hydrogen-bond acceptors (Lipinski definition) is 4. The Bertz CT molecular complexity index is 1070. The van der Waals surface area contributed by atoms with Gasteiger partial charge >= 0.3 is 0 Å². The van der Waals surface area contributed by atoms with E-state index in [2.05, 4.69) is 0 Å². The van der Waals surface area contributed by atoms with Crippen LogP contribution in [0.25, 0.3) is 16.9 Å². The molecule has 24 heavy (non-hydrogen) atoms. The number of thiazole rings is 1. The van der Waals surface area contributed by atoms with Gasteiger partial charge in [-0.15, -0.1) is 11.3 Å². The van der Waals surface area contributed by atoms with E-state index in [9.17, 15) is 17.2 Å². The van der Waals surface area contributed by atoms with Crippen LogP contribution in [0.2, 0.25) is 0 Å². The molecule has 0 aliphatic heterocycles. The van der Waals surface area contributed by atoms with Crippen LogP contribution in [0, 0.1) is 15.6 Å². The van der Waals surface area contributed by atoms with Crippen molar-refractivity contribution in [3.8, 4) is 16.9 Å². The number of halogens is 2. The van der Waals surface area contributed by atoms with Crippen LogP contribution in [0.4, 0.5) is 8.78 Å². The van der Waals surface area contributed by atoms with Gasteiger partial charge in [-0.05, 0) is 42.0 Å². The predicted octanol–water partition coefficient (Wildman–Crippen LogP) is 3.86. The van der Waals surface area contributed by atoms with E-state index >= 15 is 0 Å². The molecule has 0 fully saturated rings. The highest BCUT2D eigenvalue weighted by Gasteiger charge is 2.13. The zero-order chi connectivity index (χ0) is 17.5. The number of sulfonamides is 1. The molecule has 1 aromatic heterocycles. The zero-order valence-corrected chi connectivity index (χ0v) is 14.4. The first-order valence-corrected chi connectivity index (χ1v) is 9.40. The molecule has 0 spiro atoms. The number of primary sulfonamides is 1. The molecule has 0 bridgehead atoms. The van der Waals surface area contributed by atoms with E-state index in [-0.39, 0.29) is 4.90 Å². The monoisotopic (exact) mass is 384 g/mol. The van der Waals surface area contributed by atoms with Crippen LogP contribution in [0.15, 0.2) is 52.7 Å². The number of nitrogens with zero attached hydrogens (tertiary/aromatic N) is 1. The zero-order valence-electron chi connectivity index (χ0n) is 11.9. The van der Waals surface area contributed by atoms with Crippen molar-refractivity contribution in [2.45, 2.75) is 4.90 Å². The van der Waals surface area contributed by atoms with Crippen molar-refractivity contribution >= 4 is 33.6 Å². The van der Waals surface area contributed by atoms with Crippen LogP contribution in [-0.4, -0.2) is 13.0 Å². The second-order valence-electron chi connectivity index (χ2n) is 4.89. The maximum absolute atomic E-state index is 13.5. The first-order chi connectivity index (χ1) is 11.3. The minimum absolute atomic E-state index is 0.0144. The molecule has 2 aromatic carbocycles. The largest absolute Gasteiger partial charge is 0.291 e. The summed E-state index contributed by atoms with van der Waals surface area (Å²) in [5, 5.41) is 6.84. The van der Waals surface area contributed by atoms with Gasteiger partial charge in [0, 0.05) is 11.4 Å². The molecular weight excluding hydrogens is 374 g/mol. The highest BCUT2D eigenvalue weighted by molar-refractivity contribution is 7.89. The van der Waals surface area contributed by atoms with E-state index in [0.717, 1.165) is 12.1 Å². The molecule has 3 aromatic rings. The molecule has 9 heteroatoms. The van der Waals surface area contributed by atoms with Gasteiger partial charge in [0.1, 0.15) is 0 Å². The van der Waals surface area contributed by atoms with Gasteiger partial charge in [-0.2, -0.15) is 0 Å². The van der Waals surface area contributed by atoms with E-state index in [1.54, 1.807) is 22.1 Å².